The maximum Gasteiger partial charge on any atom is 0.324 e. The van der Waals surface area contributed by atoms with Crippen LogP contribution in [0.5, 0.6) is 0 Å². The van der Waals surface area contributed by atoms with E-state index in [0.29, 0.717) is 11.6 Å². The van der Waals surface area contributed by atoms with Gasteiger partial charge in [-0.05, 0) is 13.1 Å². The molecule has 5 nitrogen and oxygen atoms in total. The van der Waals surface area contributed by atoms with E-state index in [9.17, 15) is 4.79 Å². The molecule has 5 heteroatoms. The highest BCUT2D eigenvalue weighted by Crippen LogP contribution is 2.05. The van der Waals surface area contributed by atoms with Gasteiger partial charge in [0.1, 0.15) is 5.76 Å². The first-order valence-electron chi connectivity index (χ1n) is 3.34. The summed E-state index contributed by atoms with van der Waals surface area (Å²) in [4.78, 5) is 10.8. The number of anilines is 1. The molecule has 0 radical (unpaired) electrons. The molecule has 1 rings (SSSR count). The Kier molecular flexibility index (Phi) is 2.47. The van der Waals surface area contributed by atoms with Crippen molar-refractivity contribution in [1.82, 2.24) is 10.5 Å². The first-order valence-corrected chi connectivity index (χ1v) is 3.34. The number of nitrogens with one attached hydrogen (secondary N) is 2. The van der Waals surface area contributed by atoms with Crippen LogP contribution in [0.4, 0.5) is 10.6 Å². The molecule has 2 N–H and O–H groups in total. The Bertz CT molecular complexity index is 293. The van der Waals surface area contributed by atoms with Gasteiger partial charge in [-0.1, -0.05) is 11.7 Å². The molecule has 1 aromatic heterocycles. The second-order valence-electron chi connectivity index (χ2n) is 2.13. The minimum Gasteiger partial charge on any atom is -0.360 e. The molecule has 1 aromatic rings. The highest BCUT2D eigenvalue weighted by atomic mass is 16.5. The Labute approximate surface area is 69.4 Å². The second-order valence-corrected chi connectivity index (χ2v) is 2.13. The molecule has 12 heavy (non-hydrogen) atoms. The van der Waals surface area contributed by atoms with Gasteiger partial charge in [0.25, 0.3) is 0 Å². The molecule has 0 aliphatic heterocycles. The Morgan fingerprint density at radius 3 is 3.08 bits per heavy atom. The minimum atomic E-state index is -0.390. The lowest BCUT2D eigenvalue weighted by Crippen LogP contribution is -2.23. The average molecular weight is 167 g/mol. The van der Waals surface area contributed by atoms with E-state index < -0.39 is 6.03 Å². The topological polar surface area (TPSA) is 67.2 Å². The first-order chi connectivity index (χ1) is 5.72. The van der Waals surface area contributed by atoms with Crippen molar-refractivity contribution in [2.24, 2.45) is 0 Å². The Morgan fingerprint density at radius 1 is 1.83 bits per heavy atom. The van der Waals surface area contributed by atoms with E-state index in [-0.39, 0.29) is 0 Å². The fourth-order valence-electron chi connectivity index (χ4n) is 0.670. The zero-order valence-electron chi connectivity index (χ0n) is 6.63. The number of aryl methyl sites for hydroxylation is 1. The van der Waals surface area contributed by atoms with Crippen LogP contribution in [0.3, 0.4) is 0 Å². The van der Waals surface area contributed by atoms with Crippen LogP contribution < -0.4 is 10.6 Å². The maximum atomic E-state index is 10.8. The van der Waals surface area contributed by atoms with Crippen molar-refractivity contribution >= 4 is 11.8 Å². The van der Waals surface area contributed by atoms with E-state index in [1.54, 1.807) is 13.0 Å². The fraction of sp³-hybridized carbons (Fsp3) is 0.143. The second kappa shape index (κ2) is 3.56. The number of hydrogen-bond donors (Lipinski definition) is 2. The summed E-state index contributed by atoms with van der Waals surface area (Å²) in [5, 5.41) is 8.33. The van der Waals surface area contributed by atoms with Gasteiger partial charge < -0.3 is 9.84 Å². The molecule has 0 aliphatic rings. The normalized spacial score (nSPS) is 9.08. The van der Waals surface area contributed by atoms with Crippen LogP contribution in [0.1, 0.15) is 5.76 Å². The van der Waals surface area contributed by atoms with Gasteiger partial charge in [-0.25, -0.2) is 4.79 Å². The summed E-state index contributed by atoms with van der Waals surface area (Å²) in [6.45, 7) is 5.07. The Morgan fingerprint density at radius 2 is 2.58 bits per heavy atom. The van der Waals surface area contributed by atoms with Crippen LogP contribution in [0, 0.1) is 6.92 Å². The molecule has 0 bridgehead atoms. The number of nitrogens with zero attached hydrogens (tertiary/aromatic N) is 1. The number of amides is 2. The summed E-state index contributed by atoms with van der Waals surface area (Å²) >= 11 is 0. The maximum absolute atomic E-state index is 10.8. The molecule has 0 aromatic carbocycles. The number of carbonyl (C=O) groups is 1. The number of rotatable bonds is 2. The highest BCUT2D eigenvalue weighted by molar-refractivity contribution is 5.88. The van der Waals surface area contributed by atoms with E-state index in [4.69, 9.17) is 4.52 Å². The molecule has 0 spiro atoms. The van der Waals surface area contributed by atoms with Crippen molar-refractivity contribution in [3.8, 4) is 0 Å². The van der Waals surface area contributed by atoms with Gasteiger partial charge >= 0.3 is 6.03 Å². The van der Waals surface area contributed by atoms with Crippen LogP contribution >= 0.6 is 0 Å². The monoisotopic (exact) mass is 167 g/mol. The van der Waals surface area contributed by atoms with Gasteiger partial charge in [0.15, 0.2) is 5.82 Å². The van der Waals surface area contributed by atoms with Gasteiger partial charge in [-0.15, -0.1) is 0 Å². The van der Waals surface area contributed by atoms with Crippen LogP contribution in [-0.4, -0.2) is 11.2 Å². The van der Waals surface area contributed by atoms with Crippen molar-refractivity contribution in [3.63, 3.8) is 0 Å². The predicted octanol–water partition coefficient (Wildman–Crippen LogP) is 1.25. The third-order valence-electron chi connectivity index (χ3n) is 1.10. The summed E-state index contributed by atoms with van der Waals surface area (Å²) in [6.07, 6.45) is 1.28. The molecule has 0 saturated heterocycles. The number of carbonyl (C=O) groups excluding carboxylic acids is 1. The predicted molar refractivity (Wildman–Crippen MR) is 43.6 cm³/mol. The number of hydrogen-bond acceptors (Lipinski definition) is 3. The summed E-state index contributed by atoms with van der Waals surface area (Å²) in [5.74, 6) is 1.02. The van der Waals surface area contributed by atoms with Gasteiger partial charge in [0.05, 0.1) is 0 Å². The summed E-state index contributed by atoms with van der Waals surface area (Å²) in [5.41, 5.74) is 0. The fourth-order valence-corrected chi connectivity index (χ4v) is 0.670. The Balaban J connectivity index is 2.52. The largest absolute Gasteiger partial charge is 0.360 e. The zero-order valence-corrected chi connectivity index (χ0v) is 6.63. The molecule has 0 unspecified atom stereocenters. The van der Waals surface area contributed by atoms with Crippen molar-refractivity contribution in [3.05, 3.63) is 24.6 Å². The lowest BCUT2D eigenvalue weighted by atomic mass is 10.5. The van der Waals surface area contributed by atoms with E-state index in [0.717, 1.165) is 0 Å². The molecule has 0 aliphatic carbocycles. The summed E-state index contributed by atoms with van der Waals surface area (Å²) in [6, 6.07) is 1.22. The van der Waals surface area contributed by atoms with E-state index in [2.05, 4.69) is 22.4 Å². The van der Waals surface area contributed by atoms with Crippen LogP contribution in [0.2, 0.25) is 0 Å². The van der Waals surface area contributed by atoms with Crippen molar-refractivity contribution in [2.75, 3.05) is 5.32 Å². The SMILES string of the molecule is C=CNC(=O)Nc1cc(C)on1. The summed E-state index contributed by atoms with van der Waals surface area (Å²) < 4.78 is 4.73. The highest BCUT2D eigenvalue weighted by Gasteiger charge is 2.02. The van der Waals surface area contributed by atoms with Crippen molar-refractivity contribution < 1.29 is 9.32 Å². The standard InChI is InChI=1S/C7H9N3O2/c1-3-8-7(11)9-6-4-5(2)12-10-6/h3-4H,1H2,2H3,(H2,8,9,10,11). The molecular formula is C7H9N3O2. The first kappa shape index (κ1) is 8.32. The quantitative estimate of drug-likeness (QED) is 0.696. The molecule has 0 fully saturated rings. The third kappa shape index (κ3) is 2.12. The molecule has 0 atom stereocenters. The van der Waals surface area contributed by atoms with Crippen molar-refractivity contribution in [1.29, 1.82) is 0 Å². The van der Waals surface area contributed by atoms with Crippen LogP contribution in [0.15, 0.2) is 23.4 Å². The third-order valence-corrected chi connectivity index (χ3v) is 1.10. The minimum absolute atomic E-state index is 0.381. The zero-order chi connectivity index (χ0) is 8.97. The average Bonchev–Trinajstić information content (AvgIpc) is 2.36. The molecule has 2 amide bonds. The van der Waals surface area contributed by atoms with E-state index in [1.165, 1.54) is 6.20 Å². The summed E-state index contributed by atoms with van der Waals surface area (Å²) in [7, 11) is 0. The number of aromatic nitrogens is 1. The van der Waals surface area contributed by atoms with E-state index in [1.807, 2.05) is 0 Å². The van der Waals surface area contributed by atoms with Gasteiger partial charge in [0, 0.05) is 6.07 Å². The van der Waals surface area contributed by atoms with E-state index >= 15 is 0 Å². The Hall–Kier alpha value is -1.78. The lowest BCUT2D eigenvalue weighted by molar-refractivity contribution is 0.255. The lowest BCUT2D eigenvalue weighted by Gasteiger charge is -1.97. The molecule has 0 saturated carbocycles. The number of urea groups is 1. The molecule has 64 valence electrons. The smallest absolute Gasteiger partial charge is 0.324 e. The molecule has 1 heterocycles. The van der Waals surface area contributed by atoms with Crippen LogP contribution in [-0.2, 0) is 0 Å². The van der Waals surface area contributed by atoms with Crippen molar-refractivity contribution in [2.45, 2.75) is 6.92 Å². The van der Waals surface area contributed by atoms with Crippen LogP contribution in [0.25, 0.3) is 0 Å². The molecular weight excluding hydrogens is 158 g/mol. The van der Waals surface area contributed by atoms with Gasteiger partial charge in [-0.2, -0.15) is 0 Å². The van der Waals surface area contributed by atoms with Gasteiger partial charge in [-0.3, -0.25) is 5.32 Å². The van der Waals surface area contributed by atoms with Gasteiger partial charge in [0.2, 0.25) is 0 Å².